The monoisotopic (exact) mass is 263 g/mol. The minimum atomic E-state index is -0.0571. The summed E-state index contributed by atoms with van der Waals surface area (Å²) in [6, 6.07) is 11.3. The third kappa shape index (κ3) is 2.27. The molecule has 4 heteroatoms. The van der Waals surface area contributed by atoms with Crippen LogP contribution in [0, 0.1) is 0 Å². The normalized spacial score (nSPS) is 10.4. The predicted octanol–water partition coefficient (Wildman–Crippen LogP) is 2.80. The van der Waals surface area contributed by atoms with Crippen LogP contribution in [0.4, 0.5) is 0 Å². The molecule has 0 saturated heterocycles. The summed E-state index contributed by atoms with van der Waals surface area (Å²) < 4.78 is 6.72. The van der Waals surface area contributed by atoms with Crippen LogP contribution in [0.1, 0.15) is 5.56 Å². The van der Waals surface area contributed by atoms with Gasteiger partial charge in [-0.1, -0.05) is 6.07 Å². The molecule has 0 bridgehead atoms. The fourth-order valence-corrected chi connectivity index (χ4v) is 2.04. The van der Waals surface area contributed by atoms with Gasteiger partial charge in [-0.2, -0.15) is 0 Å². The van der Waals surface area contributed by atoms with Gasteiger partial charge in [0.05, 0.1) is 18.7 Å². The van der Waals surface area contributed by atoms with E-state index in [1.165, 1.54) is 0 Å². The maximum atomic E-state index is 12.0. The number of hydrogen-bond acceptors (Lipinski definition) is 2. The van der Waals surface area contributed by atoms with Crippen LogP contribution in [0.5, 0.6) is 5.75 Å². The standard InChI is InChI=1S/C14H14ClNO2/c1-16-13(8-5-11(9-15)14(16)17)10-3-6-12(18-2)7-4-10/h3-8H,9H2,1-2H3. The number of rotatable bonds is 3. The highest BCUT2D eigenvalue weighted by molar-refractivity contribution is 6.17. The second-order valence-electron chi connectivity index (χ2n) is 3.97. The maximum absolute atomic E-state index is 12.0. The summed E-state index contributed by atoms with van der Waals surface area (Å²) in [6.45, 7) is 0. The van der Waals surface area contributed by atoms with E-state index >= 15 is 0 Å². The topological polar surface area (TPSA) is 31.2 Å². The van der Waals surface area contributed by atoms with Gasteiger partial charge in [0.1, 0.15) is 5.75 Å². The van der Waals surface area contributed by atoms with E-state index in [0.717, 1.165) is 17.0 Å². The van der Waals surface area contributed by atoms with Crippen molar-refractivity contribution in [3.8, 4) is 17.0 Å². The fourth-order valence-electron chi connectivity index (χ4n) is 1.84. The third-order valence-electron chi connectivity index (χ3n) is 2.91. The van der Waals surface area contributed by atoms with E-state index in [2.05, 4.69) is 0 Å². The first-order valence-electron chi connectivity index (χ1n) is 5.56. The van der Waals surface area contributed by atoms with Crippen LogP contribution >= 0.6 is 11.6 Å². The number of alkyl halides is 1. The van der Waals surface area contributed by atoms with Gasteiger partial charge in [0.25, 0.3) is 5.56 Å². The molecular formula is C14H14ClNO2. The summed E-state index contributed by atoms with van der Waals surface area (Å²) in [5.41, 5.74) is 2.38. The lowest BCUT2D eigenvalue weighted by atomic mass is 10.1. The van der Waals surface area contributed by atoms with Crippen molar-refractivity contribution in [3.05, 3.63) is 52.3 Å². The molecule has 0 aliphatic carbocycles. The highest BCUT2D eigenvalue weighted by atomic mass is 35.5. The van der Waals surface area contributed by atoms with Crippen molar-refractivity contribution in [3.63, 3.8) is 0 Å². The molecule has 1 heterocycles. The van der Waals surface area contributed by atoms with Crippen molar-refractivity contribution in [2.24, 2.45) is 7.05 Å². The van der Waals surface area contributed by atoms with Gasteiger partial charge in [-0.3, -0.25) is 4.79 Å². The number of halogens is 1. The number of methoxy groups -OCH3 is 1. The van der Waals surface area contributed by atoms with Crippen molar-refractivity contribution >= 4 is 11.6 Å². The van der Waals surface area contributed by atoms with Gasteiger partial charge < -0.3 is 9.30 Å². The Bertz CT molecular complexity index is 602. The Balaban J connectivity index is 2.50. The van der Waals surface area contributed by atoms with Gasteiger partial charge in [-0.05, 0) is 35.9 Å². The van der Waals surface area contributed by atoms with Crippen molar-refractivity contribution in [2.75, 3.05) is 7.11 Å². The molecule has 0 fully saturated rings. The van der Waals surface area contributed by atoms with E-state index in [0.29, 0.717) is 5.56 Å². The van der Waals surface area contributed by atoms with Gasteiger partial charge >= 0.3 is 0 Å². The molecule has 0 unspecified atom stereocenters. The van der Waals surface area contributed by atoms with E-state index in [4.69, 9.17) is 16.3 Å². The molecule has 0 amide bonds. The minimum absolute atomic E-state index is 0.0571. The molecule has 18 heavy (non-hydrogen) atoms. The van der Waals surface area contributed by atoms with Crippen molar-refractivity contribution < 1.29 is 4.74 Å². The molecule has 0 aliphatic rings. The summed E-state index contributed by atoms with van der Waals surface area (Å²) in [4.78, 5) is 12.0. The molecule has 0 aliphatic heterocycles. The van der Waals surface area contributed by atoms with E-state index in [9.17, 15) is 4.79 Å². The highest BCUT2D eigenvalue weighted by Gasteiger charge is 2.06. The molecule has 0 saturated carbocycles. The molecular weight excluding hydrogens is 250 g/mol. The van der Waals surface area contributed by atoms with E-state index in [-0.39, 0.29) is 11.4 Å². The van der Waals surface area contributed by atoms with E-state index in [1.807, 2.05) is 30.3 Å². The number of pyridine rings is 1. The molecule has 0 atom stereocenters. The molecule has 2 rings (SSSR count). The summed E-state index contributed by atoms with van der Waals surface area (Å²) in [6.07, 6.45) is 0. The third-order valence-corrected chi connectivity index (χ3v) is 3.20. The number of nitrogens with zero attached hydrogens (tertiary/aromatic N) is 1. The van der Waals surface area contributed by atoms with Crippen LogP contribution in [-0.4, -0.2) is 11.7 Å². The zero-order chi connectivity index (χ0) is 13.1. The summed E-state index contributed by atoms with van der Waals surface area (Å²) in [5.74, 6) is 1.02. The Hall–Kier alpha value is -1.74. The van der Waals surface area contributed by atoms with Crippen LogP contribution in [0.15, 0.2) is 41.2 Å². The van der Waals surface area contributed by atoms with Gasteiger partial charge in [0.2, 0.25) is 0 Å². The van der Waals surface area contributed by atoms with Crippen molar-refractivity contribution in [2.45, 2.75) is 5.88 Å². The Morgan fingerprint density at radius 1 is 1.17 bits per heavy atom. The molecule has 0 spiro atoms. The largest absolute Gasteiger partial charge is 0.497 e. The van der Waals surface area contributed by atoms with Gasteiger partial charge in [0.15, 0.2) is 0 Å². The lowest BCUT2D eigenvalue weighted by Crippen LogP contribution is -2.21. The second kappa shape index (κ2) is 5.27. The Morgan fingerprint density at radius 2 is 1.83 bits per heavy atom. The first-order chi connectivity index (χ1) is 8.67. The number of benzene rings is 1. The van der Waals surface area contributed by atoms with Gasteiger partial charge in [-0.25, -0.2) is 0 Å². The predicted molar refractivity (Wildman–Crippen MR) is 73.2 cm³/mol. The lowest BCUT2D eigenvalue weighted by Gasteiger charge is -2.10. The molecule has 0 N–H and O–H groups in total. The highest BCUT2D eigenvalue weighted by Crippen LogP contribution is 2.21. The van der Waals surface area contributed by atoms with Crippen molar-refractivity contribution in [1.29, 1.82) is 0 Å². The molecule has 0 radical (unpaired) electrons. The summed E-state index contributed by atoms with van der Waals surface area (Å²) in [5, 5.41) is 0. The van der Waals surface area contributed by atoms with E-state index in [1.54, 1.807) is 24.8 Å². The second-order valence-corrected chi connectivity index (χ2v) is 4.24. The first-order valence-corrected chi connectivity index (χ1v) is 6.10. The Morgan fingerprint density at radius 3 is 2.39 bits per heavy atom. The quantitative estimate of drug-likeness (QED) is 0.798. The van der Waals surface area contributed by atoms with Crippen molar-refractivity contribution in [1.82, 2.24) is 4.57 Å². The zero-order valence-electron chi connectivity index (χ0n) is 10.3. The number of ether oxygens (including phenoxy) is 1. The maximum Gasteiger partial charge on any atom is 0.255 e. The van der Waals surface area contributed by atoms with Crippen LogP contribution < -0.4 is 10.3 Å². The average molecular weight is 264 g/mol. The summed E-state index contributed by atoms with van der Waals surface area (Å²) >= 11 is 5.71. The average Bonchev–Trinajstić information content (AvgIpc) is 2.42. The molecule has 1 aromatic heterocycles. The molecule has 3 nitrogen and oxygen atoms in total. The van der Waals surface area contributed by atoms with Gasteiger partial charge in [-0.15, -0.1) is 11.6 Å². The SMILES string of the molecule is COc1ccc(-c2ccc(CCl)c(=O)n2C)cc1. The smallest absolute Gasteiger partial charge is 0.255 e. The molecule has 1 aromatic carbocycles. The van der Waals surface area contributed by atoms with Crippen LogP contribution in [0.3, 0.4) is 0 Å². The van der Waals surface area contributed by atoms with E-state index < -0.39 is 0 Å². The fraction of sp³-hybridized carbons (Fsp3) is 0.214. The number of hydrogen-bond donors (Lipinski definition) is 0. The molecule has 2 aromatic rings. The zero-order valence-corrected chi connectivity index (χ0v) is 11.1. The summed E-state index contributed by atoms with van der Waals surface area (Å²) in [7, 11) is 3.37. The van der Waals surface area contributed by atoms with Gasteiger partial charge in [0, 0.05) is 12.6 Å². The van der Waals surface area contributed by atoms with Crippen LogP contribution in [-0.2, 0) is 12.9 Å². The lowest BCUT2D eigenvalue weighted by molar-refractivity contribution is 0.415. The first kappa shape index (κ1) is 12.7. The Kier molecular flexibility index (Phi) is 3.72. The molecule has 94 valence electrons. The number of aromatic nitrogens is 1. The Labute approximate surface area is 111 Å². The van der Waals surface area contributed by atoms with Crippen LogP contribution in [0.2, 0.25) is 0 Å². The van der Waals surface area contributed by atoms with Crippen LogP contribution in [0.25, 0.3) is 11.3 Å². The minimum Gasteiger partial charge on any atom is -0.497 e.